The van der Waals surface area contributed by atoms with Crippen molar-refractivity contribution in [1.82, 2.24) is 14.8 Å². The summed E-state index contributed by atoms with van der Waals surface area (Å²) in [6.45, 7) is 0. The van der Waals surface area contributed by atoms with Gasteiger partial charge in [0.1, 0.15) is 17.0 Å². The van der Waals surface area contributed by atoms with Gasteiger partial charge in [-0.1, -0.05) is 17.7 Å². The Kier molecular flexibility index (Phi) is 2.81. The van der Waals surface area contributed by atoms with Gasteiger partial charge < -0.3 is 5.73 Å². The number of aryl methyl sites for hydroxylation is 1. The van der Waals surface area contributed by atoms with Crippen LogP contribution in [0.5, 0.6) is 0 Å². The van der Waals surface area contributed by atoms with Crippen LogP contribution in [-0.4, -0.2) is 14.8 Å². The number of anilines is 1. The predicted molar refractivity (Wildman–Crippen MR) is 78.1 cm³/mol. The number of nitrogens with zero attached hydrogens (tertiary/aromatic N) is 4. The minimum absolute atomic E-state index is 0.227. The van der Waals surface area contributed by atoms with Crippen molar-refractivity contribution in [2.45, 2.75) is 0 Å². The molecular weight excluding hydrogens is 274 g/mol. The van der Waals surface area contributed by atoms with Gasteiger partial charge in [0.2, 0.25) is 0 Å². The number of hydrogen-bond acceptors (Lipinski definition) is 4. The van der Waals surface area contributed by atoms with Crippen molar-refractivity contribution < 1.29 is 0 Å². The minimum Gasteiger partial charge on any atom is -0.384 e. The summed E-state index contributed by atoms with van der Waals surface area (Å²) < 4.78 is 1.78. The summed E-state index contributed by atoms with van der Waals surface area (Å²) in [4.78, 5) is 4.02. The number of fused-ring (bicyclic) bond motifs is 1. The average molecular weight is 284 g/mol. The number of nitrogens with two attached hydrogens (primary N) is 1. The summed E-state index contributed by atoms with van der Waals surface area (Å²) >= 11 is 6.14. The molecule has 20 heavy (non-hydrogen) atoms. The van der Waals surface area contributed by atoms with Crippen LogP contribution in [0.4, 0.5) is 5.82 Å². The predicted octanol–water partition coefficient (Wildman–Crippen LogP) is 2.74. The van der Waals surface area contributed by atoms with Crippen LogP contribution in [-0.2, 0) is 7.05 Å². The zero-order valence-electron chi connectivity index (χ0n) is 10.6. The quantitative estimate of drug-likeness (QED) is 0.696. The van der Waals surface area contributed by atoms with Gasteiger partial charge in [0.15, 0.2) is 0 Å². The van der Waals surface area contributed by atoms with E-state index >= 15 is 0 Å². The van der Waals surface area contributed by atoms with Gasteiger partial charge >= 0.3 is 0 Å². The summed E-state index contributed by atoms with van der Waals surface area (Å²) in [5.41, 5.74) is 8.44. The first kappa shape index (κ1) is 12.5. The standard InChI is InChI=1S/C14H10ClN5/c1-20-11-3-2-8(4-10(11)7-18-20)13-9(6-16)5-12(17)19-14(13)15/h2-5,7H,1H3,(H2,17,19). The largest absolute Gasteiger partial charge is 0.384 e. The van der Waals surface area contributed by atoms with Crippen LogP contribution in [0.25, 0.3) is 22.0 Å². The molecule has 1 aromatic carbocycles. The fraction of sp³-hybridized carbons (Fsp3) is 0.0714. The van der Waals surface area contributed by atoms with Crippen LogP contribution in [0, 0.1) is 11.3 Å². The fourth-order valence-corrected chi connectivity index (χ4v) is 2.52. The molecule has 5 nitrogen and oxygen atoms in total. The van der Waals surface area contributed by atoms with E-state index in [1.165, 1.54) is 6.07 Å². The normalized spacial score (nSPS) is 10.7. The van der Waals surface area contributed by atoms with Crippen molar-refractivity contribution in [2.24, 2.45) is 7.05 Å². The molecule has 3 aromatic rings. The van der Waals surface area contributed by atoms with E-state index in [0.29, 0.717) is 11.1 Å². The first-order valence-corrected chi connectivity index (χ1v) is 6.26. The second kappa shape index (κ2) is 4.51. The third-order valence-corrected chi connectivity index (χ3v) is 3.42. The van der Waals surface area contributed by atoms with Crippen molar-refractivity contribution in [3.8, 4) is 17.2 Å². The lowest BCUT2D eigenvalue weighted by Gasteiger charge is -2.08. The lowest BCUT2D eigenvalue weighted by molar-refractivity contribution is 0.797. The van der Waals surface area contributed by atoms with Crippen LogP contribution in [0.1, 0.15) is 5.56 Å². The summed E-state index contributed by atoms with van der Waals surface area (Å²) in [5, 5.41) is 14.6. The molecule has 0 unspecified atom stereocenters. The Balaban J connectivity index is 2.28. The molecule has 0 aliphatic carbocycles. The number of halogens is 1. The molecular formula is C14H10ClN5. The maximum absolute atomic E-state index is 9.24. The zero-order chi connectivity index (χ0) is 14.3. The van der Waals surface area contributed by atoms with Gasteiger partial charge in [0.25, 0.3) is 0 Å². The molecule has 0 radical (unpaired) electrons. The maximum atomic E-state index is 9.24. The highest BCUT2D eigenvalue weighted by atomic mass is 35.5. The van der Waals surface area contributed by atoms with Crippen molar-refractivity contribution >= 4 is 28.3 Å². The Hall–Kier alpha value is -2.58. The number of nitriles is 1. The maximum Gasteiger partial charge on any atom is 0.140 e. The number of hydrogen-bond donors (Lipinski definition) is 1. The highest BCUT2D eigenvalue weighted by Gasteiger charge is 2.13. The van der Waals surface area contributed by atoms with Gasteiger partial charge in [-0.3, -0.25) is 4.68 Å². The van der Waals surface area contributed by atoms with Crippen LogP contribution in [0.2, 0.25) is 5.15 Å². The number of pyridine rings is 1. The molecule has 0 amide bonds. The van der Waals surface area contributed by atoms with E-state index < -0.39 is 0 Å². The Labute approximate surface area is 120 Å². The number of aromatic nitrogens is 3. The van der Waals surface area contributed by atoms with Gasteiger partial charge in [-0.05, 0) is 23.8 Å². The molecule has 2 N–H and O–H groups in total. The Morgan fingerprint density at radius 3 is 2.90 bits per heavy atom. The van der Waals surface area contributed by atoms with Crippen LogP contribution in [0.15, 0.2) is 30.5 Å². The van der Waals surface area contributed by atoms with Gasteiger partial charge in [0.05, 0.1) is 17.3 Å². The van der Waals surface area contributed by atoms with Gasteiger partial charge in [0, 0.05) is 18.0 Å². The Bertz CT molecular complexity index is 860. The van der Waals surface area contributed by atoms with Gasteiger partial charge in [-0.2, -0.15) is 10.4 Å². The number of nitrogen functional groups attached to an aromatic ring is 1. The SMILES string of the molecule is Cn1ncc2cc(-c3c(C#N)cc(N)nc3Cl)ccc21. The average Bonchev–Trinajstić information content (AvgIpc) is 2.79. The molecule has 6 heteroatoms. The molecule has 0 aliphatic heterocycles. The Morgan fingerprint density at radius 2 is 2.15 bits per heavy atom. The molecule has 2 heterocycles. The zero-order valence-corrected chi connectivity index (χ0v) is 11.4. The number of benzene rings is 1. The molecule has 0 aliphatic rings. The molecule has 0 bridgehead atoms. The summed E-state index contributed by atoms with van der Waals surface area (Å²) in [5.74, 6) is 0.234. The van der Waals surface area contributed by atoms with E-state index in [0.717, 1.165) is 16.5 Å². The van der Waals surface area contributed by atoms with E-state index in [2.05, 4.69) is 16.2 Å². The molecule has 0 fully saturated rings. The van der Waals surface area contributed by atoms with Crippen LogP contribution < -0.4 is 5.73 Å². The highest BCUT2D eigenvalue weighted by Crippen LogP contribution is 2.32. The minimum atomic E-state index is 0.227. The van der Waals surface area contributed by atoms with Crippen molar-refractivity contribution in [1.29, 1.82) is 5.26 Å². The molecule has 98 valence electrons. The summed E-state index contributed by atoms with van der Waals surface area (Å²) in [6, 6.07) is 9.39. The smallest absolute Gasteiger partial charge is 0.140 e. The van der Waals surface area contributed by atoms with Crippen molar-refractivity contribution in [3.63, 3.8) is 0 Å². The van der Waals surface area contributed by atoms with Crippen LogP contribution >= 0.6 is 11.6 Å². The van der Waals surface area contributed by atoms with Gasteiger partial charge in [-0.25, -0.2) is 4.98 Å². The van der Waals surface area contributed by atoms with Gasteiger partial charge in [-0.15, -0.1) is 0 Å². The molecule has 0 atom stereocenters. The third kappa shape index (κ3) is 1.87. The lowest BCUT2D eigenvalue weighted by atomic mass is 10.0. The summed E-state index contributed by atoms with van der Waals surface area (Å²) in [6.07, 6.45) is 1.77. The summed E-state index contributed by atoms with van der Waals surface area (Å²) in [7, 11) is 1.88. The fourth-order valence-electron chi connectivity index (χ4n) is 2.21. The monoisotopic (exact) mass is 283 g/mol. The molecule has 2 aromatic heterocycles. The topological polar surface area (TPSA) is 80.5 Å². The van der Waals surface area contributed by atoms with E-state index in [1.807, 2.05) is 25.2 Å². The first-order chi connectivity index (χ1) is 9.60. The van der Waals surface area contributed by atoms with Crippen molar-refractivity contribution in [2.75, 3.05) is 5.73 Å². The molecule has 0 saturated heterocycles. The van der Waals surface area contributed by atoms with E-state index in [9.17, 15) is 5.26 Å². The van der Waals surface area contributed by atoms with Crippen LogP contribution in [0.3, 0.4) is 0 Å². The Morgan fingerprint density at radius 1 is 1.35 bits per heavy atom. The second-order valence-corrected chi connectivity index (χ2v) is 4.77. The van der Waals surface area contributed by atoms with E-state index in [1.54, 1.807) is 10.9 Å². The third-order valence-electron chi connectivity index (χ3n) is 3.15. The van der Waals surface area contributed by atoms with E-state index in [4.69, 9.17) is 17.3 Å². The molecule has 0 spiro atoms. The molecule has 3 rings (SSSR count). The highest BCUT2D eigenvalue weighted by molar-refractivity contribution is 6.32. The van der Waals surface area contributed by atoms with Crippen molar-refractivity contribution in [3.05, 3.63) is 41.2 Å². The second-order valence-electron chi connectivity index (χ2n) is 4.41. The lowest BCUT2D eigenvalue weighted by Crippen LogP contribution is -1.96. The molecule has 0 saturated carbocycles. The first-order valence-electron chi connectivity index (χ1n) is 5.88. The number of rotatable bonds is 1. The van der Waals surface area contributed by atoms with E-state index in [-0.39, 0.29) is 11.0 Å².